The standard InChI is InChI=1S/C15H13FN4S/c1-11-6-2-5-9-14(11)20-15(17-18-19-20)21-10-12-7-3-4-8-13(12)16/h2-9H,10H2,1H3. The summed E-state index contributed by atoms with van der Waals surface area (Å²) in [7, 11) is 0. The van der Waals surface area contributed by atoms with E-state index in [9.17, 15) is 4.39 Å². The van der Waals surface area contributed by atoms with Crippen molar-refractivity contribution in [2.24, 2.45) is 0 Å². The monoisotopic (exact) mass is 300 g/mol. The zero-order valence-corrected chi connectivity index (χ0v) is 12.2. The van der Waals surface area contributed by atoms with Gasteiger partial charge >= 0.3 is 0 Å². The summed E-state index contributed by atoms with van der Waals surface area (Å²) < 4.78 is 15.3. The van der Waals surface area contributed by atoms with Crippen LogP contribution in [-0.4, -0.2) is 20.2 Å². The second-order valence-electron chi connectivity index (χ2n) is 4.54. The Labute approximate surface area is 126 Å². The Morgan fingerprint density at radius 2 is 1.86 bits per heavy atom. The smallest absolute Gasteiger partial charge is 0.207 e. The highest BCUT2D eigenvalue weighted by atomic mass is 32.2. The summed E-state index contributed by atoms with van der Waals surface area (Å²) in [4.78, 5) is 0. The maximum Gasteiger partial charge on any atom is 0.214 e. The molecule has 0 fully saturated rings. The van der Waals surface area contributed by atoms with E-state index >= 15 is 0 Å². The Bertz CT molecular complexity index is 757. The van der Waals surface area contributed by atoms with Gasteiger partial charge < -0.3 is 0 Å². The van der Waals surface area contributed by atoms with Crippen LogP contribution in [0.4, 0.5) is 4.39 Å². The molecule has 3 rings (SSSR count). The summed E-state index contributed by atoms with van der Waals surface area (Å²) in [6.07, 6.45) is 0. The summed E-state index contributed by atoms with van der Waals surface area (Å²) >= 11 is 1.41. The fourth-order valence-corrected chi connectivity index (χ4v) is 2.85. The molecule has 0 amide bonds. The van der Waals surface area contributed by atoms with Gasteiger partial charge in [0.05, 0.1) is 5.69 Å². The predicted molar refractivity (Wildman–Crippen MR) is 79.9 cm³/mol. The zero-order chi connectivity index (χ0) is 14.7. The van der Waals surface area contributed by atoms with Crippen molar-refractivity contribution in [1.29, 1.82) is 0 Å². The van der Waals surface area contributed by atoms with E-state index in [-0.39, 0.29) is 5.82 Å². The van der Waals surface area contributed by atoms with E-state index in [1.54, 1.807) is 16.8 Å². The average molecular weight is 300 g/mol. The lowest BCUT2D eigenvalue weighted by molar-refractivity contribution is 0.617. The molecule has 6 heteroatoms. The second kappa shape index (κ2) is 6.05. The number of thioether (sulfide) groups is 1. The third-order valence-electron chi connectivity index (χ3n) is 3.10. The molecule has 21 heavy (non-hydrogen) atoms. The molecule has 4 nitrogen and oxygen atoms in total. The molecule has 0 saturated carbocycles. The lowest BCUT2D eigenvalue weighted by Gasteiger charge is -2.07. The summed E-state index contributed by atoms with van der Waals surface area (Å²) in [5, 5.41) is 12.4. The van der Waals surface area contributed by atoms with Crippen molar-refractivity contribution in [3.8, 4) is 5.69 Å². The van der Waals surface area contributed by atoms with Crippen LogP contribution in [0.25, 0.3) is 5.69 Å². The normalized spacial score (nSPS) is 10.8. The van der Waals surface area contributed by atoms with Crippen LogP contribution in [0, 0.1) is 12.7 Å². The van der Waals surface area contributed by atoms with Crippen molar-refractivity contribution >= 4 is 11.8 Å². The molecule has 0 aliphatic carbocycles. The first-order valence-electron chi connectivity index (χ1n) is 6.46. The highest BCUT2D eigenvalue weighted by Gasteiger charge is 2.11. The molecule has 0 atom stereocenters. The maximum atomic E-state index is 13.6. The van der Waals surface area contributed by atoms with E-state index in [2.05, 4.69) is 15.5 Å². The van der Waals surface area contributed by atoms with E-state index in [0.717, 1.165) is 11.3 Å². The largest absolute Gasteiger partial charge is 0.214 e. The fraction of sp³-hybridized carbons (Fsp3) is 0.133. The molecule has 0 N–H and O–H groups in total. The van der Waals surface area contributed by atoms with Crippen LogP contribution in [0.3, 0.4) is 0 Å². The van der Waals surface area contributed by atoms with Gasteiger partial charge in [-0.15, -0.1) is 5.10 Å². The third-order valence-corrected chi connectivity index (χ3v) is 4.07. The van der Waals surface area contributed by atoms with Crippen LogP contribution in [-0.2, 0) is 5.75 Å². The van der Waals surface area contributed by atoms with Gasteiger partial charge in [0, 0.05) is 5.75 Å². The molecule has 3 aromatic rings. The minimum absolute atomic E-state index is 0.208. The summed E-state index contributed by atoms with van der Waals surface area (Å²) in [6.45, 7) is 2.00. The number of benzene rings is 2. The van der Waals surface area contributed by atoms with Gasteiger partial charge in [0.1, 0.15) is 5.82 Å². The van der Waals surface area contributed by atoms with Crippen LogP contribution in [0.5, 0.6) is 0 Å². The van der Waals surface area contributed by atoms with Crippen molar-refractivity contribution in [1.82, 2.24) is 20.2 Å². The molecule has 0 aliphatic rings. The SMILES string of the molecule is Cc1ccccc1-n1nnnc1SCc1ccccc1F. The van der Waals surface area contributed by atoms with E-state index in [4.69, 9.17) is 0 Å². The summed E-state index contributed by atoms with van der Waals surface area (Å²) in [5.74, 6) is 0.277. The van der Waals surface area contributed by atoms with Gasteiger partial charge in [-0.1, -0.05) is 48.2 Å². The van der Waals surface area contributed by atoms with Gasteiger partial charge in [-0.05, 0) is 40.6 Å². The molecule has 0 unspecified atom stereocenters. The number of hydrogen-bond acceptors (Lipinski definition) is 4. The van der Waals surface area contributed by atoms with Crippen LogP contribution in [0.2, 0.25) is 0 Å². The van der Waals surface area contributed by atoms with Crippen molar-refractivity contribution in [2.45, 2.75) is 17.8 Å². The molecule has 0 saturated heterocycles. The number of tetrazole rings is 1. The first-order valence-corrected chi connectivity index (χ1v) is 7.45. The van der Waals surface area contributed by atoms with E-state index in [1.165, 1.54) is 17.8 Å². The quantitative estimate of drug-likeness (QED) is 0.693. The number of para-hydroxylation sites is 1. The Morgan fingerprint density at radius 1 is 1.10 bits per heavy atom. The fourth-order valence-electron chi connectivity index (χ4n) is 1.98. The van der Waals surface area contributed by atoms with E-state index in [1.807, 2.05) is 37.3 Å². The number of nitrogens with zero attached hydrogens (tertiary/aromatic N) is 4. The van der Waals surface area contributed by atoms with Gasteiger partial charge in [-0.2, -0.15) is 4.68 Å². The third kappa shape index (κ3) is 2.95. The lowest BCUT2D eigenvalue weighted by atomic mass is 10.2. The van der Waals surface area contributed by atoms with Crippen LogP contribution >= 0.6 is 11.8 Å². The van der Waals surface area contributed by atoms with Crippen molar-refractivity contribution in [3.63, 3.8) is 0 Å². The maximum absolute atomic E-state index is 13.6. The predicted octanol–water partition coefficient (Wildman–Crippen LogP) is 3.40. The number of hydrogen-bond donors (Lipinski definition) is 0. The lowest BCUT2D eigenvalue weighted by Crippen LogP contribution is -2.01. The molecule has 0 radical (unpaired) electrons. The molecule has 0 bridgehead atoms. The molecule has 1 heterocycles. The summed E-state index contributed by atoms with van der Waals surface area (Å²) in [6, 6.07) is 14.6. The molecular formula is C15H13FN4S. The Hall–Kier alpha value is -2.21. The molecule has 106 valence electrons. The topological polar surface area (TPSA) is 43.6 Å². The highest BCUT2D eigenvalue weighted by molar-refractivity contribution is 7.98. The van der Waals surface area contributed by atoms with Crippen LogP contribution in [0.15, 0.2) is 53.7 Å². The van der Waals surface area contributed by atoms with Crippen molar-refractivity contribution in [2.75, 3.05) is 0 Å². The summed E-state index contributed by atoms with van der Waals surface area (Å²) in [5.41, 5.74) is 2.65. The van der Waals surface area contributed by atoms with Gasteiger partial charge in [-0.25, -0.2) is 4.39 Å². The Morgan fingerprint density at radius 3 is 2.67 bits per heavy atom. The van der Waals surface area contributed by atoms with Gasteiger partial charge in [0.15, 0.2) is 0 Å². The Balaban J connectivity index is 1.84. The molecule has 2 aromatic carbocycles. The zero-order valence-electron chi connectivity index (χ0n) is 11.4. The number of aromatic nitrogens is 4. The van der Waals surface area contributed by atoms with E-state index < -0.39 is 0 Å². The van der Waals surface area contributed by atoms with Crippen LogP contribution in [0.1, 0.15) is 11.1 Å². The minimum Gasteiger partial charge on any atom is -0.207 e. The Kier molecular flexibility index (Phi) is 3.96. The second-order valence-corrected chi connectivity index (χ2v) is 5.48. The average Bonchev–Trinajstić information content (AvgIpc) is 2.95. The van der Waals surface area contributed by atoms with Gasteiger partial charge in [-0.3, -0.25) is 0 Å². The van der Waals surface area contributed by atoms with Gasteiger partial charge in [0.25, 0.3) is 0 Å². The minimum atomic E-state index is -0.208. The molecule has 1 aromatic heterocycles. The van der Waals surface area contributed by atoms with Crippen LogP contribution < -0.4 is 0 Å². The van der Waals surface area contributed by atoms with Crippen molar-refractivity contribution in [3.05, 3.63) is 65.5 Å². The number of aryl methyl sites for hydroxylation is 1. The number of rotatable bonds is 4. The molecular weight excluding hydrogens is 287 g/mol. The molecule has 0 aliphatic heterocycles. The van der Waals surface area contributed by atoms with E-state index in [0.29, 0.717) is 16.5 Å². The first-order chi connectivity index (χ1) is 10.3. The van der Waals surface area contributed by atoms with Crippen molar-refractivity contribution < 1.29 is 4.39 Å². The number of halogens is 1. The van der Waals surface area contributed by atoms with Gasteiger partial charge in [0.2, 0.25) is 5.16 Å². The highest BCUT2D eigenvalue weighted by Crippen LogP contribution is 2.24. The first kappa shape index (κ1) is 13.8. The molecule has 0 spiro atoms.